The maximum atomic E-state index is 14.0. The fourth-order valence-corrected chi connectivity index (χ4v) is 6.19. The zero-order valence-electron chi connectivity index (χ0n) is 22.8. The second-order valence-corrected chi connectivity index (χ2v) is 11.7. The van der Waals surface area contributed by atoms with E-state index in [1.165, 1.54) is 30.5 Å². The quantitative estimate of drug-likeness (QED) is 0.251. The molecule has 9 nitrogen and oxygen atoms in total. The van der Waals surface area contributed by atoms with E-state index in [0.717, 1.165) is 0 Å². The molecule has 0 amide bonds. The molecule has 0 atom stereocenters. The molecule has 3 heterocycles. The van der Waals surface area contributed by atoms with E-state index in [-0.39, 0.29) is 22.3 Å². The van der Waals surface area contributed by atoms with Gasteiger partial charge in [0.2, 0.25) is 15.8 Å². The van der Waals surface area contributed by atoms with Crippen LogP contribution in [0.3, 0.4) is 0 Å². The summed E-state index contributed by atoms with van der Waals surface area (Å²) in [5.74, 6) is -1.31. The van der Waals surface area contributed by atoms with Gasteiger partial charge in [-0.05, 0) is 68.3 Å². The molecule has 0 bridgehead atoms. The highest BCUT2D eigenvalue weighted by Crippen LogP contribution is 2.44. The predicted molar refractivity (Wildman–Crippen MR) is 154 cm³/mol. The minimum atomic E-state index is -4.51. The molecule has 0 saturated heterocycles. The summed E-state index contributed by atoms with van der Waals surface area (Å²) in [5.41, 5.74) is 1.76. The molecule has 0 fully saturated rings. The highest BCUT2D eigenvalue weighted by Gasteiger charge is 2.33. The van der Waals surface area contributed by atoms with Crippen LogP contribution in [0, 0.1) is 12.9 Å². The van der Waals surface area contributed by atoms with E-state index in [1.54, 1.807) is 41.9 Å². The van der Waals surface area contributed by atoms with Gasteiger partial charge in [-0.3, -0.25) is 9.48 Å². The number of aromatic hydroxyl groups is 1. The molecule has 0 unspecified atom stereocenters. The molecule has 0 aliphatic rings. The number of rotatable bonds is 7. The standard InChI is InChI=1S/C30H28FN5O4S/c1-18(2)36(21-8-6-5-7-9-21)26-25(24-15-17-35(4)34-24)33-30(38)28(27(26)37)41(39,40)22-12-10-20(11-13-22)23-14-16-32-29(31)19(23)3/h5-18H,1-4H3,(H2,33,37,38). The fourth-order valence-electron chi connectivity index (χ4n) is 4.81. The first-order chi connectivity index (χ1) is 19.5. The Hall–Kier alpha value is -4.77. The summed E-state index contributed by atoms with van der Waals surface area (Å²) >= 11 is 0. The lowest BCUT2D eigenvalue weighted by atomic mass is 10.0. The zero-order valence-corrected chi connectivity index (χ0v) is 23.6. The molecular formula is C30H28FN5O4S. The number of aromatic amines is 1. The molecule has 3 aromatic heterocycles. The number of anilines is 2. The number of hydrogen-bond donors (Lipinski definition) is 2. The molecule has 5 rings (SSSR count). The minimum Gasteiger partial charge on any atom is -0.504 e. The average molecular weight is 574 g/mol. The van der Waals surface area contributed by atoms with Gasteiger partial charge < -0.3 is 15.0 Å². The van der Waals surface area contributed by atoms with Gasteiger partial charge in [-0.2, -0.15) is 9.49 Å². The largest absolute Gasteiger partial charge is 0.504 e. The second kappa shape index (κ2) is 10.7. The molecule has 2 N–H and O–H groups in total. The maximum Gasteiger partial charge on any atom is 0.271 e. The summed E-state index contributed by atoms with van der Waals surface area (Å²) in [6.07, 6.45) is 3.01. The zero-order chi connectivity index (χ0) is 29.5. The highest BCUT2D eigenvalue weighted by molar-refractivity contribution is 7.91. The van der Waals surface area contributed by atoms with Crippen molar-refractivity contribution in [2.75, 3.05) is 4.90 Å². The van der Waals surface area contributed by atoms with E-state index in [1.807, 2.05) is 44.2 Å². The summed E-state index contributed by atoms with van der Waals surface area (Å²) in [5, 5.41) is 16.1. The lowest BCUT2D eigenvalue weighted by molar-refractivity contribution is 0.455. The minimum absolute atomic E-state index is 0.0996. The summed E-state index contributed by atoms with van der Waals surface area (Å²) in [7, 11) is -2.80. The maximum absolute atomic E-state index is 14.0. The van der Waals surface area contributed by atoms with Crippen molar-refractivity contribution in [2.45, 2.75) is 36.6 Å². The van der Waals surface area contributed by atoms with Crippen LogP contribution in [-0.2, 0) is 16.9 Å². The highest BCUT2D eigenvalue weighted by atomic mass is 32.2. The lowest BCUT2D eigenvalue weighted by Gasteiger charge is -2.31. The molecular weight excluding hydrogens is 545 g/mol. The number of aromatic nitrogens is 4. The van der Waals surface area contributed by atoms with Crippen LogP contribution >= 0.6 is 0 Å². The van der Waals surface area contributed by atoms with E-state index in [0.29, 0.717) is 28.1 Å². The van der Waals surface area contributed by atoms with Crippen LogP contribution in [-0.4, -0.2) is 39.3 Å². The topological polar surface area (TPSA) is 121 Å². The Labute approximate surface area is 236 Å². The first-order valence-corrected chi connectivity index (χ1v) is 14.3. The van der Waals surface area contributed by atoms with Crippen molar-refractivity contribution in [1.82, 2.24) is 19.7 Å². The fraction of sp³-hybridized carbons (Fsp3) is 0.167. The number of hydrogen-bond acceptors (Lipinski definition) is 7. The number of H-pyrrole nitrogens is 1. The van der Waals surface area contributed by atoms with Gasteiger partial charge in [0.15, 0.2) is 10.6 Å². The Bertz CT molecular complexity index is 1900. The van der Waals surface area contributed by atoms with Gasteiger partial charge in [0.1, 0.15) is 11.4 Å². The van der Waals surface area contributed by atoms with E-state index in [2.05, 4.69) is 15.1 Å². The number of halogens is 1. The first kappa shape index (κ1) is 27.8. The molecule has 0 spiro atoms. The van der Waals surface area contributed by atoms with Crippen LogP contribution in [0.4, 0.5) is 15.8 Å². The Morgan fingerprint density at radius 1 is 1.02 bits per heavy atom. The third kappa shape index (κ3) is 5.00. The Morgan fingerprint density at radius 3 is 2.32 bits per heavy atom. The van der Waals surface area contributed by atoms with Gasteiger partial charge in [-0.15, -0.1) is 0 Å². The normalized spacial score (nSPS) is 11.7. The molecule has 2 aromatic carbocycles. The van der Waals surface area contributed by atoms with Crippen molar-refractivity contribution in [3.05, 3.63) is 101 Å². The molecule has 0 aliphatic carbocycles. The van der Waals surface area contributed by atoms with Gasteiger partial charge in [0, 0.05) is 36.7 Å². The van der Waals surface area contributed by atoms with E-state index in [9.17, 15) is 22.7 Å². The number of nitrogens with one attached hydrogen (secondary N) is 1. The molecule has 0 saturated carbocycles. The predicted octanol–water partition coefficient (Wildman–Crippen LogP) is 5.37. The lowest BCUT2D eigenvalue weighted by Crippen LogP contribution is -2.29. The van der Waals surface area contributed by atoms with Crippen LogP contribution in [0.25, 0.3) is 22.5 Å². The second-order valence-electron chi connectivity index (χ2n) is 9.83. The van der Waals surface area contributed by atoms with E-state index >= 15 is 0 Å². The SMILES string of the molecule is Cc1c(-c2ccc(S(=O)(=O)c3c(O)c(N(c4ccccc4)C(C)C)c(-c4ccn(C)n4)[nH]c3=O)cc2)ccnc1F. The van der Waals surface area contributed by atoms with Crippen LogP contribution < -0.4 is 10.5 Å². The van der Waals surface area contributed by atoms with E-state index in [4.69, 9.17) is 0 Å². The Balaban J connectivity index is 1.71. The smallest absolute Gasteiger partial charge is 0.271 e. The molecule has 5 aromatic rings. The number of para-hydroxylation sites is 1. The summed E-state index contributed by atoms with van der Waals surface area (Å²) in [4.78, 5) is 20.5. The summed E-state index contributed by atoms with van der Waals surface area (Å²) in [6, 6.07) is 17.9. The molecule has 41 heavy (non-hydrogen) atoms. The van der Waals surface area contributed by atoms with Gasteiger partial charge in [-0.1, -0.05) is 30.3 Å². The Morgan fingerprint density at radius 2 is 1.71 bits per heavy atom. The van der Waals surface area contributed by atoms with Crippen molar-refractivity contribution in [2.24, 2.45) is 7.05 Å². The van der Waals surface area contributed by atoms with Crippen molar-refractivity contribution < 1.29 is 17.9 Å². The van der Waals surface area contributed by atoms with E-state index < -0.39 is 32.0 Å². The third-order valence-electron chi connectivity index (χ3n) is 6.77. The van der Waals surface area contributed by atoms with Crippen LogP contribution in [0.15, 0.2) is 93.7 Å². The molecule has 0 radical (unpaired) electrons. The number of benzene rings is 2. The van der Waals surface area contributed by atoms with Gasteiger partial charge in [0.05, 0.1) is 10.6 Å². The molecule has 11 heteroatoms. The van der Waals surface area contributed by atoms with Gasteiger partial charge >= 0.3 is 0 Å². The summed E-state index contributed by atoms with van der Waals surface area (Å²) in [6.45, 7) is 5.35. The summed E-state index contributed by atoms with van der Waals surface area (Å²) < 4.78 is 43.3. The van der Waals surface area contributed by atoms with Crippen molar-refractivity contribution in [3.63, 3.8) is 0 Å². The van der Waals surface area contributed by atoms with Crippen LogP contribution in [0.2, 0.25) is 0 Å². The monoisotopic (exact) mass is 573 g/mol. The van der Waals surface area contributed by atoms with Gasteiger partial charge in [-0.25, -0.2) is 13.4 Å². The Kier molecular flexibility index (Phi) is 7.22. The first-order valence-electron chi connectivity index (χ1n) is 12.8. The van der Waals surface area contributed by atoms with Crippen LogP contribution in [0.5, 0.6) is 5.75 Å². The number of nitrogens with zero attached hydrogens (tertiary/aromatic N) is 4. The number of pyridine rings is 2. The van der Waals surface area contributed by atoms with Gasteiger partial charge in [0.25, 0.3) is 5.56 Å². The van der Waals surface area contributed by atoms with Crippen molar-refractivity contribution >= 4 is 21.2 Å². The number of aryl methyl sites for hydroxylation is 1. The third-order valence-corrected chi connectivity index (χ3v) is 8.58. The van der Waals surface area contributed by atoms with Crippen molar-refractivity contribution in [3.8, 4) is 28.3 Å². The molecule has 210 valence electrons. The number of sulfone groups is 1. The molecule has 0 aliphatic heterocycles. The van der Waals surface area contributed by atoms with Crippen LogP contribution in [0.1, 0.15) is 19.4 Å². The average Bonchev–Trinajstić information content (AvgIpc) is 3.38. The van der Waals surface area contributed by atoms with Crippen molar-refractivity contribution in [1.29, 1.82) is 0 Å².